The molecule has 6 nitrogen and oxygen atoms in total. The molecule has 2 heterocycles. The molecule has 0 radical (unpaired) electrons. The number of imidazole rings is 2. The number of aromatic nitrogens is 4. The van der Waals surface area contributed by atoms with E-state index in [4.69, 9.17) is 11.6 Å². The summed E-state index contributed by atoms with van der Waals surface area (Å²) in [5.74, 6) is 0.404. The van der Waals surface area contributed by atoms with Crippen LogP contribution in [0, 0.1) is 12.7 Å². The average molecular weight is 424 g/mol. The van der Waals surface area contributed by atoms with Crippen LogP contribution in [0.3, 0.4) is 0 Å². The van der Waals surface area contributed by atoms with Gasteiger partial charge in [0.05, 0.1) is 24.1 Å². The van der Waals surface area contributed by atoms with Crippen LogP contribution in [0.4, 0.5) is 4.39 Å². The summed E-state index contributed by atoms with van der Waals surface area (Å²) in [6.45, 7) is 3.06. The van der Waals surface area contributed by atoms with Crippen molar-refractivity contribution in [2.75, 3.05) is 7.11 Å². The van der Waals surface area contributed by atoms with Crippen LogP contribution in [0.2, 0.25) is 0 Å². The molecule has 0 unspecified atom stereocenters. The summed E-state index contributed by atoms with van der Waals surface area (Å²) >= 11 is 5.96. The Labute approximate surface area is 167 Å². The molecule has 0 spiro atoms. The van der Waals surface area contributed by atoms with Crippen molar-refractivity contribution in [2.45, 2.75) is 25.9 Å². The number of aryl methyl sites for hydroxylation is 3. The number of carbonyl (C=O) groups excluding carboxylic acids is 1. The van der Waals surface area contributed by atoms with Crippen molar-refractivity contribution in [2.24, 2.45) is 0 Å². The van der Waals surface area contributed by atoms with Gasteiger partial charge in [0.1, 0.15) is 17.2 Å². The van der Waals surface area contributed by atoms with Gasteiger partial charge in [0.25, 0.3) is 0 Å². The smallest absolute Gasteiger partial charge is 0.338 e. The number of hydrogen-bond acceptors (Lipinski definition) is 4. The maximum absolute atomic E-state index is 14.3. The number of nitrogens with zero attached hydrogens (tertiary/aromatic N) is 4. The molecular weight excluding hydrogens is 406 g/mol. The van der Waals surface area contributed by atoms with Crippen LogP contribution < -0.4 is 0 Å². The number of alkyl halides is 1. The number of rotatable bonds is 5. The molecule has 0 amide bonds. The third-order valence-electron chi connectivity index (χ3n) is 3.92. The molecule has 0 aliphatic heterocycles. The number of fused-ring (bicyclic) bond motifs is 1. The van der Waals surface area contributed by atoms with Gasteiger partial charge in [-0.2, -0.15) is 0 Å². The van der Waals surface area contributed by atoms with E-state index >= 15 is 0 Å². The standard InChI is InChI=1S/C16H16ClFN4O2.2ClH/c1-10-19-3-4-21(10)5-6-22-13-8-11(16(23)24-2)7-12(18)15(13)20-14(22)9-17;;/h3-4,7-8H,5-6,9H2,1-2H3;2*1H. The molecule has 10 heteroatoms. The predicted molar refractivity (Wildman–Crippen MR) is 102 cm³/mol. The summed E-state index contributed by atoms with van der Waals surface area (Å²) in [5.41, 5.74) is 0.855. The summed E-state index contributed by atoms with van der Waals surface area (Å²) in [5, 5.41) is 0. The van der Waals surface area contributed by atoms with Gasteiger partial charge < -0.3 is 13.9 Å². The highest BCUT2D eigenvalue weighted by Crippen LogP contribution is 2.23. The fraction of sp³-hybridized carbons (Fsp3) is 0.312. The highest BCUT2D eigenvalue weighted by atomic mass is 35.5. The second kappa shape index (κ2) is 9.21. The van der Waals surface area contributed by atoms with Gasteiger partial charge in [-0.15, -0.1) is 36.4 Å². The lowest BCUT2D eigenvalue weighted by atomic mass is 10.2. The first-order valence-electron chi connectivity index (χ1n) is 7.35. The zero-order chi connectivity index (χ0) is 17.3. The van der Waals surface area contributed by atoms with E-state index in [9.17, 15) is 9.18 Å². The van der Waals surface area contributed by atoms with E-state index in [1.807, 2.05) is 22.3 Å². The van der Waals surface area contributed by atoms with Crippen molar-refractivity contribution in [1.82, 2.24) is 19.1 Å². The number of ether oxygens (including phenoxy) is 1. The Balaban J connectivity index is 0.00000169. The summed E-state index contributed by atoms with van der Waals surface area (Å²) in [6.07, 6.45) is 3.59. The summed E-state index contributed by atoms with van der Waals surface area (Å²) in [6, 6.07) is 2.71. The van der Waals surface area contributed by atoms with E-state index in [1.54, 1.807) is 12.3 Å². The highest BCUT2D eigenvalue weighted by Gasteiger charge is 2.17. The zero-order valence-corrected chi connectivity index (χ0v) is 16.5. The number of benzene rings is 1. The number of methoxy groups -OCH3 is 1. The van der Waals surface area contributed by atoms with Crippen LogP contribution in [0.1, 0.15) is 22.0 Å². The van der Waals surface area contributed by atoms with Gasteiger partial charge in [-0.1, -0.05) is 0 Å². The van der Waals surface area contributed by atoms with Crippen molar-refractivity contribution in [3.05, 3.63) is 47.6 Å². The number of halogens is 4. The molecule has 0 fully saturated rings. The lowest BCUT2D eigenvalue weighted by Gasteiger charge is -2.10. The van der Waals surface area contributed by atoms with Crippen molar-refractivity contribution in [3.8, 4) is 0 Å². The van der Waals surface area contributed by atoms with E-state index in [2.05, 4.69) is 14.7 Å². The van der Waals surface area contributed by atoms with E-state index in [1.165, 1.54) is 7.11 Å². The SMILES string of the molecule is COC(=O)c1cc(F)c2nc(CCl)n(CCn3ccnc3C)c2c1.Cl.Cl. The van der Waals surface area contributed by atoms with Crippen LogP contribution in [0.25, 0.3) is 11.0 Å². The predicted octanol–water partition coefficient (Wildman–Crippen LogP) is 3.75. The molecule has 2 aromatic heterocycles. The van der Waals surface area contributed by atoms with Gasteiger partial charge in [-0.3, -0.25) is 0 Å². The van der Waals surface area contributed by atoms with E-state index in [0.29, 0.717) is 24.4 Å². The normalized spacial score (nSPS) is 10.3. The second-order valence-electron chi connectivity index (χ2n) is 5.30. The Morgan fingerprint density at radius 1 is 1.31 bits per heavy atom. The topological polar surface area (TPSA) is 61.9 Å². The van der Waals surface area contributed by atoms with E-state index < -0.39 is 11.8 Å². The molecule has 0 atom stereocenters. The van der Waals surface area contributed by atoms with Gasteiger partial charge in [0.2, 0.25) is 0 Å². The van der Waals surface area contributed by atoms with Gasteiger partial charge >= 0.3 is 5.97 Å². The van der Waals surface area contributed by atoms with Crippen molar-refractivity contribution in [3.63, 3.8) is 0 Å². The Bertz CT molecular complexity index is 910. The molecule has 142 valence electrons. The minimum atomic E-state index is -0.596. The average Bonchev–Trinajstić information content (AvgIpc) is 3.15. The van der Waals surface area contributed by atoms with E-state index in [0.717, 1.165) is 11.9 Å². The molecule has 0 bridgehead atoms. The lowest BCUT2D eigenvalue weighted by molar-refractivity contribution is 0.0600. The van der Waals surface area contributed by atoms with Crippen LogP contribution in [0.15, 0.2) is 24.5 Å². The summed E-state index contributed by atoms with van der Waals surface area (Å²) < 4.78 is 22.8. The molecule has 0 saturated heterocycles. The Morgan fingerprint density at radius 3 is 2.62 bits per heavy atom. The van der Waals surface area contributed by atoms with Crippen molar-refractivity contribution >= 4 is 53.4 Å². The Kier molecular flexibility index (Phi) is 7.87. The molecule has 0 saturated carbocycles. The highest BCUT2D eigenvalue weighted by molar-refractivity contribution is 6.16. The first-order valence-corrected chi connectivity index (χ1v) is 7.89. The summed E-state index contributed by atoms with van der Waals surface area (Å²) in [4.78, 5) is 20.2. The van der Waals surface area contributed by atoms with Crippen molar-refractivity contribution < 1.29 is 13.9 Å². The van der Waals surface area contributed by atoms with Gasteiger partial charge in [0.15, 0.2) is 5.82 Å². The number of hydrogen-bond donors (Lipinski definition) is 0. The minimum absolute atomic E-state index is 0. The fourth-order valence-electron chi connectivity index (χ4n) is 2.66. The maximum Gasteiger partial charge on any atom is 0.338 e. The number of carbonyl (C=O) groups is 1. The minimum Gasteiger partial charge on any atom is -0.465 e. The first-order chi connectivity index (χ1) is 11.5. The van der Waals surface area contributed by atoms with Crippen LogP contribution in [0.5, 0.6) is 0 Å². The van der Waals surface area contributed by atoms with Crippen molar-refractivity contribution in [1.29, 1.82) is 0 Å². The van der Waals surface area contributed by atoms with Crippen LogP contribution in [-0.2, 0) is 23.7 Å². The van der Waals surface area contributed by atoms with Crippen LogP contribution in [-0.4, -0.2) is 32.2 Å². The molecule has 0 aliphatic rings. The maximum atomic E-state index is 14.3. The number of esters is 1. The molecule has 3 rings (SSSR count). The molecule has 0 N–H and O–H groups in total. The summed E-state index contributed by atoms with van der Waals surface area (Å²) in [7, 11) is 1.26. The Morgan fingerprint density at radius 2 is 2.04 bits per heavy atom. The van der Waals surface area contributed by atoms with Gasteiger partial charge in [0, 0.05) is 25.5 Å². The third-order valence-corrected chi connectivity index (χ3v) is 4.15. The lowest BCUT2D eigenvalue weighted by Crippen LogP contribution is -2.10. The molecular formula is C16H18Cl3FN4O2. The van der Waals surface area contributed by atoms with E-state index in [-0.39, 0.29) is 41.8 Å². The second-order valence-corrected chi connectivity index (χ2v) is 5.57. The zero-order valence-electron chi connectivity index (χ0n) is 14.1. The molecule has 1 aromatic carbocycles. The monoisotopic (exact) mass is 422 g/mol. The van der Waals surface area contributed by atoms with Crippen LogP contribution >= 0.6 is 36.4 Å². The molecule has 0 aliphatic carbocycles. The largest absolute Gasteiger partial charge is 0.465 e. The fourth-order valence-corrected chi connectivity index (χ4v) is 2.87. The van der Waals surface area contributed by atoms with Gasteiger partial charge in [-0.05, 0) is 19.1 Å². The third kappa shape index (κ3) is 4.11. The first kappa shape index (κ1) is 22.2. The van der Waals surface area contributed by atoms with Gasteiger partial charge in [-0.25, -0.2) is 19.2 Å². The Hall–Kier alpha value is -1.83. The quantitative estimate of drug-likeness (QED) is 0.463. The molecule has 26 heavy (non-hydrogen) atoms. The molecule has 3 aromatic rings.